The van der Waals surface area contributed by atoms with Gasteiger partial charge in [0.2, 0.25) is 5.91 Å². The van der Waals surface area contributed by atoms with Gasteiger partial charge in [-0.2, -0.15) is 0 Å². The standard InChI is InChI=1S/C23H27NO4/c1-4-16(3)20-8-6-7-9-21(20)28-23(26)17-14-22(25)24(15-17)18-10-12-19(13-11-18)27-5-2/h6-13,16-17H,4-5,14-15H2,1-3H3/t16-,17+/m1/s1. The summed E-state index contributed by atoms with van der Waals surface area (Å²) in [6.07, 6.45) is 1.12. The van der Waals surface area contributed by atoms with Gasteiger partial charge in [-0.25, -0.2) is 0 Å². The van der Waals surface area contributed by atoms with E-state index in [1.54, 1.807) is 4.90 Å². The molecule has 1 heterocycles. The molecule has 2 aromatic rings. The first-order valence-corrected chi connectivity index (χ1v) is 9.87. The van der Waals surface area contributed by atoms with Crippen molar-refractivity contribution in [1.29, 1.82) is 0 Å². The van der Waals surface area contributed by atoms with Crippen molar-refractivity contribution in [2.24, 2.45) is 5.92 Å². The maximum atomic E-state index is 12.7. The van der Waals surface area contributed by atoms with E-state index in [1.165, 1.54) is 0 Å². The van der Waals surface area contributed by atoms with Gasteiger partial charge in [-0.15, -0.1) is 0 Å². The summed E-state index contributed by atoms with van der Waals surface area (Å²) in [5.74, 6) is 0.766. The van der Waals surface area contributed by atoms with Crippen molar-refractivity contribution in [1.82, 2.24) is 0 Å². The second kappa shape index (κ2) is 8.91. The van der Waals surface area contributed by atoms with E-state index in [9.17, 15) is 9.59 Å². The molecule has 1 fully saturated rings. The molecular weight excluding hydrogens is 354 g/mol. The molecular formula is C23H27NO4. The first kappa shape index (κ1) is 19.9. The summed E-state index contributed by atoms with van der Waals surface area (Å²) < 4.78 is 11.1. The summed E-state index contributed by atoms with van der Waals surface area (Å²) in [4.78, 5) is 26.8. The molecule has 2 atom stereocenters. The van der Waals surface area contributed by atoms with Gasteiger partial charge in [-0.1, -0.05) is 32.0 Å². The second-order valence-corrected chi connectivity index (χ2v) is 7.10. The number of ether oxygens (including phenoxy) is 2. The maximum Gasteiger partial charge on any atom is 0.316 e. The van der Waals surface area contributed by atoms with Crippen molar-refractivity contribution < 1.29 is 19.1 Å². The monoisotopic (exact) mass is 381 g/mol. The fourth-order valence-corrected chi connectivity index (χ4v) is 3.40. The van der Waals surface area contributed by atoms with Crippen molar-refractivity contribution in [3.63, 3.8) is 0 Å². The fraction of sp³-hybridized carbons (Fsp3) is 0.391. The van der Waals surface area contributed by atoms with Crippen LogP contribution in [0.4, 0.5) is 5.69 Å². The van der Waals surface area contributed by atoms with Crippen molar-refractivity contribution >= 4 is 17.6 Å². The normalized spacial score (nSPS) is 17.5. The molecule has 1 amide bonds. The first-order valence-electron chi connectivity index (χ1n) is 9.87. The Bertz CT molecular complexity index is 831. The number of benzene rings is 2. The third-order valence-corrected chi connectivity index (χ3v) is 5.19. The Hall–Kier alpha value is -2.82. The highest BCUT2D eigenvalue weighted by molar-refractivity contribution is 5.99. The molecule has 1 saturated heterocycles. The number of anilines is 1. The Morgan fingerprint density at radius 1 is 1.14 bits per heavy atom. The summed E-state index contributed by atoms with van der Waals surface area (Å²) in [6, 6.07) is 15.0. The molecule has 1 aliphatic heterocycles. The Morgan fingerprint density at radius 3 is 2.54 bits per heavy atom. The van der Waals surface area contributed by atoms with Gasteiger partial charge in [-0.05, 0) is 55.2 Å². The molecule has 148 valence electrons. The van der Waals surface area contributed by atoms with Gasteiger partial charge in [-0.3, -0.25) is 9.59 Å². The predicted octanol–water partition coefficient (Wildman–Crippen LogP) is 4.56. The average Bonchev–Trinajstić information content (AvgIpc) is 3.10. The zero-order valence-corrected chi connectivity index (χ0v) is 16.7. The molecule has 0 aliphatic carbocycles. The number of nitrogens with zero attached hydrogens (tertiary/aromatic N) is 1. The van der Waals surface area contributed by atoms with Gasteiger partial charge in [0.25, 0.3) is 0 Å². The highest BCUT2D eigenvalue weighted by atomic mass is 16.5. The van der Waals surface area contributed by atoms with Gasteiger partial charge >= 0.3 is 5.97 Å². The summed E-state index contributed by atoms with van der Waals surface area (Å²) in [5, 5.41) is 0. The Kier molecular flexibility index (Phi) is 6.34. The Labute approximate surface area is 166 Å². The van der Waals surface area contributed by atoms with Crippen LogP contribution in [0.3, 0.4) is 0 Å². The molecule has 0 radical (unpaired) electrons. The molecule has 0 aromatic heterocycles. The SMILES string of the molecule is CCOc1ccc(N2C[C@@H](C(=O)Oc3ccccc3[C@H](C)CC)CC2=O)cc1. The van der Waals surface area contributed by atoms with Crippen LogP contribution in [0, 0.1) is 5.92 Å². The van der Waals surface area contributed by atoms with Gasteiger partial charge < -0.3 is 14.4 Å². The lowest BCUT2D eigenvalue weighted by molar-refractivity contribution is -0.139. The van der Waals surface area contributed by atoms with Crippen LogP contribution >= 0.6 is 0 Å². The van der Waals surface area contributed by atoms with E-state index in [1.807, 2.05) is 55.5 Å². The summed E-state index contributed by atoms with van der Waals surface area (Å²) in [5.41, 5.74) is 1.79. The fourth-order valence-electron chi connectivity index (χ4n) is 3.40. The lowest BCUT2D eigenvalue weighted by Gasteiger charge is -2.18. The zero-order valence-electron chi connectivity index (χ0n) is 16.7. The van der Waals surface area contributed by atoms with Crippen LogP contribution in [-0.2, 0) is 9.59 Å². The third-order valence-electron chi connectivity index (χ3n) is 5.19. The van der Waals surface area contributed by atoms with E-state index in [-0.39, 0.29) is 18.3 Å². The van der Waals surface area contributed by atoms with Crippen molar-refractivity contribution in [2.45, 2.75) is 39.5 Å². The summed E-state index contributed by atoms with van der Waals surface area (Å²) in [6.45, 7) is 7.06. The first-order chi connectivity index (χ1) is 13.5. The largest absolute Gasteiger partial charge is 0.494 e. The van der Waals surface area contributed by atoms with Crippen LogP contribution in [0.25, 0.3) is 0 Å². The summed E-state index contributed by atoms with van der Waals surface area (Å²) in [7, 11) is 0. The zero-order chi connectivity index (χ0) is 20.1. The van der Waals surface area contributed by atoms with Crippen LogP contribution in [-0.4, -0.2) is 25.0 Å². The van der Waals surface area contributed by atoms with Crippen molar-refractivity contribution in [3.8, 4) is 11.5 Å². The molecule has 5 nitrogen and oxygen atoms in total. The van der Waals surface area contributed by atoms with Crippen LogP contribution in [0.15, 0.2) is 48.5 Å². The number of para-hydroxylation sites is 1. The van der Waals surface area contributed by atoms with E-state index < -0.39 is 5.92 Å². The maximum absolute atomic E-state index is 12.7. The van der Waals surface area contributed by atoms with E-state index >= 15 is 0 Å². The molecule has 3 rings (SSSR count). The van der Waals surface area contributed by atoms with Crippen LogP contribution in [0.5, 0.6) is 11.5 Å². The number of hydrogen-bond donors (Lipinski definition) is 0. The Morgan fingerprint density at radius 2 is 1.86 bits per heavy atom. The highest BCUT2D eigenvalue weighted by Crippen LogP contribution is 2.31. The number of esters is 1. The molecule has 0 N–H and O–H groups in total. The smallest absolute Gasteiger partial charge is 0.316 e. The Balaban J connectivity index is 1.69. The highest BCUT2D eigenvalue weighted by Gasteiger charge is 2.36. The predicted molar refractivity (Wildman–Crippen MR) is 109 cm³/mol. The molecule has 28 heavy (non-hydrogen) atoms. The average molecular weight is 381 g/mol. The van der Waals surface area contributed by atoms with Crippen LogP contribution in [0.2, 0.25) is 0 Å². The molecule has 0 saturated carbocycles. The van der Waals surface area contributed by atoms with Crippen molar-refractivity contribution in [2.75, 3.05) is 18.1 Å². The van der Waals surface area contributed by atoms with Gasteiger partial charge in [0.1, 0.15) is 11.5 Å². The van der Waals surface area contributed by atoms with Crippen molar-refractivity contribution in [3.05, 3.63) is 54.1 Å². The topological polar surface area (TPSA) is 55.8 Å². The van der Waals surface area contributed by atoms with Gasteiger partial charge in [0.15, 0.2) is 0 Å². The number of carbonyl (C=O) groups excluding carboxylic acids is 2. The van der Waals surface area contributed by atoms with E-state index in [4.69, 9.17) is 9.47 Å². The molecule has 1 aliphatic rings. The molecule has 2 aromatic carbocycles. The van der Waals surface area contributed by atoms with Crippen LogP contribution in [0.1, 0.15) is 45.1 Å². The quantitative estimate of drug-likeness (QED) is 0.521. The van der Waals surface area contributed by atoms with Gasteiger partial charge in [0, 0.05) is 18.7 Å². The molecule has 0 bridgehead atoms. The minimum absolute atomic E-state index is 0.0682. The molecule has 5 heteroatoms. The molecule has 0 unspecified atom stereocenters. The number of hydrogen-bond acceptors (Lipinski definition) is 4. The second-order valence-electron chi connectivity index (χ2n) is 7.10. The number of carbonyl (C=O) groups is 2. The number of rotatable bonds is 7. The lowest BCUT2D eigenvalue weighted by atomic mass is 9.98. The minimum atomic E-state index is -0.468. The third kappa shape index (κ3) is 4.35. The van der Waals surface area contributed by atoms with Gasteiger partial charge in [0.05, 0.1) is 12.5 Å². The summed E-state index contributed by atoms with van der Waals surface area (Å²) >= 11 is 0. The minimum Gasteiger partial charge on any atom is -0.494 e. The number of amides is 1. The van der Waals surface area contributed by atoms with E-state index in [0.29, 0.717) is 24.8 Å². The van der Waals surface area contributed by atoms with E-state index in [2.05, 4.69) is 13.8 Å². The van der Waals surface area contributed by atoms with Crippen LogP contribution < -0.4 is 14.4 Å². The molecule has 0 spiro atoms. The lowest BCUT2D eigenvalue weighted by Crippen LogP contribution is -2.27. The van der Waals surface area contributed by atoms with E-state index in [0.717, 1.165) is 23.4 Å².